The molecule has 0 radical (unpaired) electrons. The van der Waals surface area contributed by atoms with Crippen LogP contribution in [0.15, 0.2) is 42.5 Å². The minimum absolute atomic E-state index is 0.217. The number of esters is 1. The van der Waals surface area contributed by atoms with Crippen LogP contribution in [0.3, 0.4) is 0 Å². The SMILES string of the molecule is Cc1ccc(NC(=O)[C@H](C)OC(=O)c2ccccc2F)cc1Cl. The third-order valence-corrected chi connectivity index (χ3v) is 3.59. The van der Waals surface area contributed by atoms with Crippen molar-refractivity contribution in [2.75, 3.05) is 5.32 Å². The van der Waals surface area contributed by atoms with Crippen molar-refractivity contribution in [2.45, 2.75) is 20.0 Å². The molecular formula is C17H15ClFNO3. The van der Waals surface area contributed by atoms with Gasteiger partial charge in [0, 0.05) is 10.7 Å². The lowest BCUT2D eigenvalue weighted by Gasteiger charge is -2.14. The Hall–Kier alpha value is -2.40. The fraction of sp³-hybridized carbons (Fsp3) is 0.176. The van der Waals surface area contributed by atoms with Crippen LogP contribution in [0.1, 0.15) is 22.8 Å². The minimum Gasteiger partial charge on any atom is -0.449 e. The van der Waals surface area contributed by atoms with Crippen molar-refractivity contribution < 1.29 is 18.7 Å². The minimum atomic E-state index is -1.08. The number of halogens is 2. The third-order valence-electron chi connectivity index (χ3n) is 3.19. The maximum Gasteiger partial charge on any atom is 0.341 e. The number of carbonyl (C=O) groups excluding carboxylic acids is 2. The molecule has 0 fully saturated rings. The zero-order valence-corrected chi connectivity index (χ0v) is 13.4. The van der Waals surface area contributed by atoms with Crippen LogP contribution in [0.5, 0.6) is 0 Å². The molecule has 6 heteroatoms. The summed E-state index contributed by atoms with van der Waals surface area (Å²) in [5, 5.41) is 3.10. The average Bonchev–Trinajstić information content (AvgIpc) is 2.51. The van der Waals surface area contributed by atoms with Crippen molar-refractivity contribution >= 4 is 29.2 Å². The predicted octanol–water partition coefficient (Wildman–Crippen LogP) is 3.97. The van der Waals surface area contributed by atoms with Crippen molar-refractivity contribution in [3.8, 4) is 0 Å². The van der Waals surface area contributed by atoms with Gasteiger partial charge in [-0.15, -0.1) is 0 Å². The summed E-state index contributed by atoms with van der Waals surface area (Å²) >= 11 is 5.98. The second-order valence-corrected chi connectivity index (χ2v) is 5.39. The van der Waals surface area contributed by atoms with Crippen LogP contribution in [0.25, 0.3) is 0 Å². The molecule has 1 atom stereocenters. The highest BCUT2D eigenvalue weighted by Gasteiger charge is 2.21. The number of aryl methyl sites for hydroxylation is 1. The summed E-state index contributed by atoms with van der Waals surface area (Å²) in [7, 11) is 0. The summed E-state index contributed by atoms with van der Waals surface area (Å²) in [5.74, 6) is -2.13. The largest absolute Gasteiger partial charge is 0.449 e. The molecule has 23 heavy (non-hydrogen) atoms. The van der Waals surface area contributed by atoms with Gasteiger partial charge in [-0.3, -0.25) is 4.79 Å². The second-order valence-electron chi connectivity index (χ2n) is 4.98. The van der Waals surface area contributed by atoms with Crippen LogP contribution in [0.4, 0.5) is 10.1 Å². The normalized spacial score (nSPS) is 11.7. The van der Waals surface area contributed by atoms with Crippen LogP contribution >= 0.6 is 11.6 Å². The van der Waals surface area contributed by atoms with Gasteiger partial charge in [0.1, 0.15) is 5.82 Å². The lowest BCUT2D eigenvalue weighted by molar-refractivity contribution is -0.123. The van der Waals surface area contributed by atoms with Gasteiger partial charge in [0.25, 0.3) is 5.91 Å². The number of nitrogens with one attached hydrogen (secondary N) is 1. The van der Waals surface area contributed by atoms with E-state index in [1.165, 1.54) is 25.1 Å². The number of rotatable bonds is 4. The summed E-state index contributed by atoms with van der Waals surface area (Å²) in [6.07, 6.45) is -1.08. The van der Waals surface area contributed by atoms with Crippen LogP contribution in [0, 0.1) is 12.7 Å². The van der Waals surface area contributed by atoms with Gasteiger partial charge in [0.2, 0.25) is 0 Å². The molecule has 0 heterocycles. The first-order chi connectivity index (χ1) is 10.9. The van der Waals surface area contributed by atoms with Crippen molar-refractivity contribution in [2.24, 2.45) is 0 Å². The summed E-state index contributed by atoms with van der Waals surface area (Å²) in [5.41, 5.74) is 1.15. The Labute approximate surface area is 138 Å². The Bertz CT molecular complexity index is 748. The maximum atomic E-state index is 13.5. The lowest BCUT2D eigenvalue weighted by atomic mass is 10.2. The Morgan fingerprint density at radius 2 is 1.91 bits per heavy atom. The van der Waals surface area contributed by atoms with E-state index in [9.17, 15) is 14.0 Å². The van der Waals surface area contributed by atoms with Crippen molar-refractivity contribution in [3.05, 3.63) is 64.4 Å². The zero-order valence-electron chi connectivity index (χ0n) is 12.6. The first-order valence-corrected chi connectivity index (χ1v) is 7.29. The molecule has 0 saturated carbocycles. The second kappa shape index (κ2) is 7.24. The van der Waals surface area contributed by atoms with E-state index in [0.717, 1.165) is 11.6 Å². The Morgan fingerprint density at radius 1 is 1.22 bits per heavy atom. The molecule has 2 rings (SSSR count). The molecule has 0 aliphatic heterocycles. The van der Waals surface area contributed by atoms with E-state index in [4.69, 9.17) is 16.3 Å². The van der Waals surface area contributed by atoms with Gasteiger partial charge in [-0.1, -0.05) is 29.8 Å². The molecule has 2 aromatic carbocycles. The zero-order chi connectivity index (χ0) is 17.0. The first-order valence-electron chi connectivity index (χ1n) is 6.91. The van der Waals surface area contributed by atoms with E-state index >= 15 is 0 Å². The van der Waals surface area contributed by atoms with Gasteiger partial charge >= 0.3 is 5.97 Å². The quantitative estimate of drug-likeness (QED) is 0.860. The Balaban J connectivity index is 2.01. The highest BCUT2D eigenvalue weighted by atomic mass is 35.5. The molecular weight excluding hydrogens is 321 g/mol. The molecule has 1 amide bonds. The third kappa shape index (κ3) is 4.29. The molecule has 2 aromatic rings. The molecule has 1 N–H and O–H groups in total. The van der Waals surface area contributed by atoms with Gasteiger partial charge in [-0.05, 0) is 43.7 Å². The topological polar surface area (TPSA) is 55.4 Å². The number of amides is 1. The van der Waals surface area contributed by atoms with Gasteiger partial charge in [0.15, 0.2) is 6.10 Å². The predicted molar refractivity (Wildman–Crippen MR) is 86.1 cm³/mol. The van der Waals surface area contributed by atoms with Crippen LogP contribution < -0.4 is 5.32 Å². The molecule has 0 saturated heterocycles. The summed E-state index contributed by atoms with van der Waals surface area (Å²) < 4.78 is 18.5. The molecule has 0 unspecified atom stereocenters. The van der Waals surface area contributed by atoms with E-state index in [2.05, 4.69) is 5.32 Å². The van der Waals surface area contributed by atoms with Crippen molar-refractivity contribution in [1.82, 2.24) is 0 Å². The Kier molecular flexibility index (Phi) is 5.34. The van der Waals surface area contributed by atoms with Gasteiger partial charge in [-0.25, -0.2) is 9.18 Å². The van der Waals surface area contributed by atoms with Crippen molar-refractivity contribution in [3.63, 3.8) is 0 Å². The van der Waals surface area contributed by atoms with E-state index in [1.807, 2.05) is 6.92 Å². The molecule has 0 aliphatic carbocycles. The lowest BCUT2D eigenvalue weighted by Crippen LogP contribution is -2.30. The van der Waals surface area contributed by atoms with Gasteiger partial charge in [-0.2, -0.15) is 0 Å². The van der Waals surface area contributed by atoms with Crippen LogP contribution in [-0.4, -0.2) is 18.0 Å². The number of hydrogen-bond acceptors (Lipinski definition) is 3. The van der Waals surface area contributed by atoms with E-state index in [1.54, 1.807) is 18.2 Å². The standard InChI is InChI=1S/C17H15ClFNO3/c1-10-7-8-12(9-14(10)18)20-16(21)11(2)23-17(22)13-5-3-4-6-15(13)19/h3-9,11H,1-2H3,(H,20,21)/t11-/m0/s1. The van der Waals surface area contributed by atoms with Crippen LogP contribution in [0.2, 0.25) is 5.02 Å². The number of carbonyl (C=O) groups is 2. The van der Waals surface area contributed by atoms with E-state index in [-0.39, 0.29) is 5.56 Å². The summed E-state index contributed by atoms with van der Waals surface area (Å²) in [6, 6.07) is 10.5. The summed E-state index contributed by atoms with van der Waals surface area (Å²) in [4.78, 5) is 23.9. The molecule has 120 valence electrons. The number of hydrogen-bond donors (Lipinski definition) is 1. The fourth-order valence-electron chi connectivity index (χ4n) is 1.82. The maximum absolute atomic E-state index is 13.5. The fourth-order valence-corrected chi connectivity index (χ4v) is 2.00. The molecule has 0 aromatic heterocycles. The smallest absolute Gasteiger partial charge is 0.341 e. The molecule has 0 spiro atoms. The summed E-state index contributed by atoms with van der Waals surface area (Å²) in [6.45, 7) is 3.25. The van der Waals surface area contributed by atoms with Crippen molar-refractivity contribution in [1.29, 1.82) is 0 Å². The first kappa shape index (κ1) is 17.0. The van der Waals surface area contributed by atoms with Gasteiger partial charge < -0.3 is 10.1 Å². The number of anilines is 1. The molecule has 0 bridgehead atoms. The monoisotopic (exact) mass is 335 g/mol. The highest BCUT2D eigenvalue weighted by Crippen LogP contribution is 2.20. The van der Waals surface area contributed by atoms with E-state index < -0.39 is 23.8 Å². The molecule has 0 aliphatic rings. The Morgan fingerprint density at radius 3 is 2.57 bits per heavy atom. The highest BCUT2D eigenvalue weighted by molar-refractivity contribution is 6.31. The van der Waals surface area contributed by atoms with E-state index in [0.29, 0.717) is 10.7 Å². The molecule has 4 nitrogen and oxygen atoms in total. The number of ether oxygens (including phenoxy) is 1. The van der Waals surface area contributed by atoms with Crippen LogP contribution in [-0.2, 0) is 9.53 Å². The number of benzene rings is 2. The average molecular weight is 336 g/mol. The van der Waals surface area contributed by atoms with Gasteiger partial charge in [0.05, 0.1) is 5.56 Å².